The summed E-state index contributed by atoms with van der Waals surface area (Å²) in [6, 6.07) is 0. The number of hydrogen-bond acceptors (Lipinski definition) is 2. The molecular weight excluding hydrogens is 138 g/mol. The van der Waals surface area contributed by atoms with E-state index < -0.39 is 0 Å². The van der Waals surface area contributed by atoms with Gasteiger partial charge in [0.2, 0.25) is 0 Å². The Morgan fingerprint density at radius 3 is 2.82 bits per heavy atom. The van der Waals surface area contributed by atoms with Crippen LogP contribution in [0.15, 0.2) is 0 Å². The minimum absolute atomic E-state index is 0.00479. The van der Waals surface area contributed by atoms with Crippen LogP contribution in [0.25, 0.3) is 0 Å². The summed E-state index contributed by atoms with van der Waals surface area (Å²) >= 11 is 0. The van der Waals surface area contributed by atoms with E-state index in [9.17, 15) is 0 Å². The van der Waals surface area contributed by atoms with Crippen molar-refractivity contribution in [3.63, 3.8) is 0 Å². The van der Waals surface area contributed by atoms with Crippen molar-refractivity contribution in [2.75, 3.05) is 13.2 Å². The van der Waals surface area contributed by atoms with Crippen LogP contribution in [-0.2, 0) is 4.74 Å². The highest BCUT2D eigenvalue weighted by molar-refractivity contribution is 4.77. The molecule has 2 nitrogen and oxygen atoms in total. The molecule has 0 amide bonds. The van der Waals surface area contributed by atoms with Gasteiger partial charge in [0.05, 0.1) is 6.61 Å². The highest BCUT2D eigenvalue weighted by Gasteiger charge is 2.27. The van der Waals surface area contributed by atoms with Crippen LogP contribution >= 0.6 is 0 Å². The Labute approximate surface area is 69.3 Å². The van der Waals surface area contributed by atoms with Crippen LogP contribution in [0.1, 0.15) is 39.5 Å². The largest absolute Gasteiger partial charge is 0.360 e. The second-order valence-electron chi connectivity index (χ2n) is 3.46. The Bertz CT molecular complexity index is 108. The normalized spacial score (nSPS) is 31.1. The van der Waals surface area contributed by atoms with Crippen molar-refractivity contribution in [3.05, 3.63) is 0 Å². The van der Waals surface area contributed by atoms with E-state index in [-0.39, 0.29) is 5.72 Å². The van der Waals surface area contributed by atoms with Crippen molar-refractivity contribution in [2.24, 2.45) is 0 Å². The average molecular weight is 157 g/mol. The number of nitrogens with one attached hydrogen (secondary N) is 1. The van der Waals surface area contributed by atoms with Crippen LogP contribution in [0.2, 0.25) is 0 Å². The number of hydrogen-bond donors (Lipinski definition) is 1. The lowest BCUT2D eigenvalue weighted by Crippen LogP contribution is -2.37. The van der Waals surface area contributed by atoms with E-state index in [4.69, 9.17) is 4.74 Å². The fourth-order valence-electron chi connectivity index (χ4n) is 1.52. The zero-order valence-electron chi connectivity index (χ0n) is 7.65. The molecule has 0 spiro atoms. The van der Waals surface area contributed by atoms with Crippen LogP contribution in [0.3, 0.4) is 0 Å². The van der Waals surface area contributed by atoms with Gasteiger partial charge in [0.25, 0.3) is 0 Å². The Hall–Kier alpha value is -0.0800. The van der Waals surface area contributed by atoms with Crippen LogP contribution in [0.5, 0.6) is 0 Å². The third-order valence-corrected chi connectivity index (χ3v) is 2.28. The monoisotopic (exact) mass is 157 g/mol. The number of ether oxygens (including phenoxy) is 1. The maximum atomic E-state index is 5.58. The summed E-state index contributed by atoms with van der Waals surface area (Å²) in [4.78, 5) is 0. The first-order chi connectivity index (χ1) is 5.27. The lowest BCUT2D eigenvalue weighted by Gasteiger charge is -2.23. The first kappa shape index (κ1) is 9.01. The van der Waals surface area contributed by atoms with Gasteiger partial charge in [-0.3, -0.25) is 5.32 Å². The minimum atomic E-state index is -0.00479. The van der Waals surface area contributed by atoms with Gasteiger partial charge >= 0.3 is 0 Å². The molecule has 2 heteroatoms. The molecule has 66 valence electrons. The molecule has 0 aromatic rings. The summed E-state index contributed by atoms with van der Waals surface area (Å²) in [5.74, 6) is 0. The van der Waals surface area contributed by atoms with Gasteiger partial charge in [0, 0.05) is 6.54 Å². The molecule has 1 aliphatic heterocycles. The second-order valence-corrected chi connectivity index (χ2v) is 3.46. The van der Waals surface area contributed by atoms with Gasteiger partial charge < -0.3 is 4.74 Å². The molecular formula is C9H19NO. The van der Waals surface area contributed by atoms with Gasteiger partial charge in [-0.1, -0.05) is 19.8 Å². The van der Waals surface area contributed by atoms with E-state index in [1.165, 1.54) is 19.3 Å². The molecule has 1 unspecified atom stereocenters. The first-order valence-corrected chi connectivity index (χ1v) is 4.66. The van der Waals surface area contributed by atoms with Crippen molar-refractivity contribution >= 4 is 0 Å². The van der Waals surface area contributed by atoms with E-state index in [0.717, 1.165) is 19.6 Å². The molecule has 0 aliphatic carbocycles. The predicted octanol–water partition coefficient (Wildman–Crippen LogP) is 1.90. The van der Waals surface area contributed by atoms with Crippen LogP contribution in [0.4, 0.5) is 0 Å². The third-order valence-electron chi connectivity index (χ3n) is 2.28. The van der Waals surface area contributed by atoms with Crippen molar-refractivity contribution in [1.82, 2.24) is 5.32 Å². The van der Waals surface area contributed by atoms with Crippen molar-refractivity contribution in [3.8, 4) is 0 Å². The Morgan fingerprint density at radius 1 is 1.45 bits per heavy atom. The maximum Gasteiger partial charge on any atom is 0.116 e. The molecule has 1 atom stereocenters. The first-order valence-electron chi connectivity index (χ1n) is 4.66. The summed E-state index contributed by atoms with van der Waals surface area (Å²) < 4.78 is 5.58. The Kier molecular flexibility index (Phi) is 3.34. The molecule has 1 N–H and O–H groups in total. The zero-order chi connectivity index (χ0) is 8.16. The SMILES string of the molecule is CCCCCC1(C)NCCO1. The molecule has 1 aliphatic rings. The molecule has 1 rings (SSSR count). The van der Waals surface area contributed by atoms with Crippen molar-refractivity contribution in [2.45, 2.75) is 45.3 Å². The summed E-state index contributed by atoms with van der Waals surface area (Å²) in [6.45, 7) is 6.27. The summed E-state index contributed by atoms with van der Waals surface area (Å²) in [7, 11) is 0. The second kappa shape index (κ2) is 4.07. The minimum Gasteiger partial charge on any atom is -0.360 e. The van der Waals surface area contributed by atoms with Crippen molar-refractivity contribution in [1.29, 1.82) is 0 Å². The fourth-order valence-corrected chi connectivity index (χ4v) is 1.52. The predicted molar refractivity (Wildman–Crippen MR) is 46.5 cm³/mol. The highest BCUT2D eigenvalue weighted by Crippen LogP contribution is 2.19. The highest BCUT2D eigenvalue weighted by atomic mass is 16.5. The Morgan fingerprint density at radius 2 is 2.27 bits per heavy atom. The maximum absolute atomic E-state index is 5.58. The van der Waals surface area contributed by atoms with E-state index in [0.29, 0.717) is 0 Å². The van der Waals surface area contributed by atoms with E-state index >= 15 is 0 Å². The smallest absolute Gasteiger partial charge is 0.116 e. The van der Waals surface area contributed by atoms with Gasteiger partial charge in [-0.2, -0.15) is 0 Å². The quantitative estimate of drug-likeness (QED) is 0.629. The van der Waals surface area contributed by atoms with E-state index in [1.807, 2.05) is 0 Å². The summed E-state index contributed by atoms with van der Waals surface area (Å²) in [5, 5.41) is 3.37. The summed E-state index contributed by atoms with van der Waals surface area (Å²) in [6.07, 6.45) is 5.04. The molecule has 0 saturated carbocycles. The van der Waals surface area contributed by atoms with Gasteiger partial charge in [-0.25, -0.2) is 0 Å². The van der Waals surface area contributed by atoms with Gasteiger partial charge in [0.15, 0.2) is 0 Å². The lowest BCUT2D eigenvalue weighted by atomic mass is 10.1. The molecule has 1 saturated heterocycles. The third kappa shape index (κ3) is 2.80. The van der Waals surface area contributed by atoms with Crippen molar-refractivity contribution < 1.29 is 4.74 Å². The number of unbranched alkanes of at least 4 members (excludes halogenated alkanes) is 2. The van der Waals surface area contributed by atoms with Crippen LogP contribution in [0, 0.1) is 0 Å². The molecule has 11 heavy (non-hydrogen) atoms. The number of rotatable bonds is 4. The van der Waals surface area contributed by atoms with Crippen LogP contribution < -0.4 is 5.32 Å². The zero-order valence-corrected chi connectivity index (χ0v) is 7.65. The van der Waals surface area contributed by atoms with Crippen LogP contribution in [-0.4, -0.2) is 18.9 Å². The summed E-state index contributed by atoms with van der Waals surface area (Å²) in [5.41, 5.74) is -0.00479. The molecule has 0 aromatic heterocycles. The standard InChI is InChI=1S/C9H19NO/c1-3-4-5-6-9(2)10-7-8-11-9/h10H,3-8H2,1-2H3. The molecule has 1 fully saturated rings. The van der Waals surface area contributed by atoms with Gasteiger partial charge in [0.1, 0.15) is 5.72 Å². The Balaban J connectivity index is 2.13. The van der Waals surface area contributed by atoms with Gasteiger partial charge in [-0.15, -0.1) is 0 Å². The van der Waals surface area contributed by atoms with E-state index in [1.54, 1.807) is 0 Å². The molecule has 0 radical (unpaired) electrons. The molecule has 1 heterocycles. The van der Waals surface area contributed by atoms with Gasteiger partial charge in [-0.05, 0) is 19.8 Å². The molecule has 0 aromatic carbocycles. The lowest BCUT2D eigenvalue weighted by molar-refractivity contribution is -0.00241. The molecule has 0 bridgehead atoms. The average Bonchev–Trinajstić information content (AvgIpc) is 2.38. The van der Waals surface area contributed by atoms with E-state index in [2.05, 4.69) is 19.2 Å². The fraction of sp³-hybridized carbons (Fsp3) is 1.00. The topological polar surface area (TPSA) is 21.3 Å².